The van der Waals surface area contributed by atoms with E-state index in [4.69, 9.17) is 9.69 Å². The fourth-order valence-corrected chi connectivity index (χ4v) is 3.04. The van der Waals surface area contributed by atoms with E-state index in [0.29, 0.717) is 6.42 Å². The van der Waals surface area contributed by atoms with Gasteiger partial charge >= 0.3 is 0 Å². The largest absolute Gasteiger partial charge is 0.415 e. The van der Waals surface area contributed by atoms with Gasteiger partial charge in [-0.1, -0.05) is 32.6 Å². The van der Waals surface area contributed by atoms with E-state index in [1.807, 2.05) is 6.07 Å². The molecular formula is C13H27NO2Si. The minimum atomic E-state index is -1.59. The molecule has 0 aromatic carbocycles. The van der Waals surface area contributed by atoms with Crippen molar-refractivity contribution in [3.8, 4) is 6.07 Å². The summed E-state index contributed by atoms with van der Waals surface area (Å²) in [6, 6.07) is 1.87. The van der Waals surface area contributed by atoms with Crippen LogP contribution < -0.4 is 0 Å². The lowest BCUT2D eigenvalue weighted by Gasteiger charge is -2.27. The highest BCUT2D eigenvalue weighted by atomic mass is 28.4. The van der Waals surface area contributed by atoms with E-state index < -0.39 is 14.4 Å². The van der Waals surface area contributed by atoms with Crippen LogP contribution in [0.25, 0.3) is 0 Å². The van der Waals surface area contributed by atoms with Crippen molar-refractivity contribution < 1.29 is 9.53 Å². The van der Waals surface area contributed by atoms with Crippen molar-refractivity contribution in [2.45, 2.75) is 77.3 Å². The number of nitrogens with zero attached hydrogens (tertiary/aromatic N) is 1. The molecule has 0 bridgehead atoms. The summed E-state index contributed by atoms with van der Waals surface area (Å²) < 4.78 is 6.02. The van der Waals surface area contributed by atoms with E-state index in [1.54, 1.807) is 0 Å². The number of hydrogen-bond acceptors (Lipinski definition) is 3. The third-order valence-corrected chi connectivity index (χ3v) is 3.58. The van der Waals surface area contributed by atoms with Crippen LogP contribution in [0.2, 0.25) is 19.6 Å². The molecule has 0 fully saturated rings. The fourth-order valence-electron chi connectivity index (χ4n) is 1.83. The van der Waals surface area contributed by atoms with E-state index in [9.17, 15) is 5.11 Å². The number of aliphatic hydroxyl groups excluding tert-OH is 1. The minimum Gasteiger partial charge on any atom is -0.415 e. The van der Waals surface area contributed by atoms with Gasteiger partial charge in [-0.25, -0.2) is 0 Å². The first-order valence-electron chi connectivity index (χ1n) is 6.64. The Morgan fingerprint density at radius 1 is 1.24 bits per heavy atom. The Balaban J connectivity index is 4.07. The quantitative estimate of drug-likeness (QED) is 0.391. The van der Waals surface area contributed by atoms with Gasteiger partial charge in [-0.05, 0) is 26.1 Å². The molecule has 0 aromatic heterocycles. The Labute approximate surface area is 107 Å². The van der Waals surface area contributed by atoms with Gasteiger partial charge < -0.3 is 9.53 Å². The van der Waals surface area contributed by atoms with Gasteiger partial charge in [-0.15, -0.1) is 0 Å². The normalized spacial score (nSPS) is 15.3. The molecule has 4 heteroatoms. The van der Waals surface area contributed by atoms with Gasteiger partial charge in [0.2, 0.25) is 0 Å². The molecule has 100 valence electrons. The number of rotatable bonds is 9. The Hall–Kier alpha value is -0.373. The van der Waals surface area contributed by atoms with Crippen molar-refractivity contribution in [3.63, 3.8) is 0 Å². The van der Waals surface area contributed by atoms with Crippen molar-refractivity contribution in [2.75, 3.05) is 0 Å². The van der Waals surface area contributed by atoms with E-state index in [0.717, 1.165) is 12.8 Å². The van der Waals surface area contributed by atoms with Crippen LogP contribution in [-0.2, 0) is 4.43 Å². The maximum atomic E-state index is 9.40. The molecule has 1 N–H and O–H groups in total. The first kappa shape index (κ1) is 16.6. The third kappa shape index (κ3) is 10.5. The van der Waals surface area contributed by atoms with Crippen LogP contribution in [0.4, 0.5) is 0 Å². The molecule has 0 saturated carbocycles. The third-order valence-electron chi connectivity index (χ3n) is 2.54. The molecule has 17 heavy (non-hydrogen) atoms. The Bertz CT molecular complexity index is 233. The predicted octanol–water partition coefficient (Wildman–Crippen LogP) is 3.45. The average molecular weight is 257 g/mol. The van der Waals surface area contributed by atoms with Crippen LogP contribution >= 0.6 is 0 Å². The van der Waals surface area contributed by atoms with Crippen LogP contribution in [0.1, 0.15) is 45.4 Å². The van der Waals surface area contributed by atoms with Crippen LogP contribution in [0.3, 0.4) is 0 Å². The van der Waals surface area contributed by atoms with Crippen LogP contribution in [0.15, 0.2) is 0 Å². The SMILES string of the molecule is CCCCCC[C@@H](CC(O)C#N)O[Si](C)(C)C. The second-order valence-electron chi connectivity index (χ2n) is 5.58. The molecule has 0 saturated heterocycles. The van der Waals surface area contributed by atoms with Crippen molar-refractivity contribution in [1.82, 2.24) is 0 Å². The summed E-state index contributed by atoms with van der Waals surface area (Å²) >= 11 is 0. The molecule has 0 rings (SSSR count). The zero-order chi connectivity index (χ0) is 13.3. The van der Waals surface area contributed by atoms with Crippen molar-refractivity contribution in [3.05, 3.63) is 0 Å². The number of unbranched alkanes of at least 4 members (excludes halogenated alkanes) is 3. The topological polar surface area (TPSA) is 53.2 Å². The molecule has 0 aliphatic heterocycles. The highest BCUT2D eigenvalue weighted by Gasteiger charge is 2.22. The minimum absolute atomic E-state index is 0.0492. The van der Waals surface area contributed by atoms with Gasteiger partial charge in [0.1, 0.15) is 6.10 Å². The molecule has 3 nitrogen and oxygen atoms in total. The average Bonchev–Trinajstić information content (AvgIpc) is 2.21. The second kappa shape index (κ2) is 8.68. The van der Waals surface area contributed by atoms with E-state index in [2.05, 4.69) is 26.6 Å². The van der Waals surface area contributed by atoms with Gasteiger partial charge in [-0.3, -0.25) is 0 Å². The Morgan fingerprint density at radius 2 is 1.88 bits per heavy atom. The number of hydrogen-bond donors (Lipinski definition) is 1. The van der Waals surface area contributed by atoms with Crippen LogP contribution in [0, 0.1) is 11.3 Å². The first-order valence-corrected chi connectivity index (χ1v) is 10.1. The second-order valence-corrected chi connectivity index (χ2v) is 10.0. The molecule has 2 atom stereocenters. The van der Waals surface area contributed by atoms with Crippen molar-refractivity contribution >= 4 is 8.32 Å². The van der Waals surface area contributed by atoms with Gasteiger partial charge in [0.15, 0.2) is 8.32 Å². The molecule has 0 aliphatic carbocycles. The first-order chi connectivity index (χ1) is 7.89. The van der Waals surface area contributed by atoms with E-state index in [-0.39, 0.29) is 6.10 Å². The lowest BCUT2D eigenvalue weighted by molar-refractivity contribution is 0.111. The molecule has 0 spiro atoms. The molecule has 0 aliphatic rings. The monoisotopic (exact) mass is 257 g/mol. The molecule has 0 aromatic rings. The maximum Gasteiger partial charge on any atom is 0.184 e. The predicted molar refractivity (Wildman–Crippen MR) is 73.2 cm³/mol. The summed E-state index contributed by atoms with van der Waals surface area (Å²) in [6.45, 7) is 8.62. The van der Waals surface area contributed by atoms with E-state index >= 15 is 0 Å². The van der Waals surface area contributed by atoms with E-state index in [1.165, 1.54) is 19.3 Å². The summed E-state index contributed by atoms with van der Waals surface area (Å²) in [6.07, 6.45) is 5.39. The smallest absolute Gasteiger partial charge is 0.184 e. The summed E-state index contributed by atoms with van der Waals surface area (Å²) in [5.41, 5.74) is 0. The molecule has 0 amide bonds. The zero-order valence-corrected chi connectivity index (χ0v) is 12.7. The van der Waals surface area contributed by atoms with Gasteiger partial charge in [-0.2, -0.15) is 5.26 Å². The highest BCUT2D eigenvalue weighted by Crippen LogP contribution is 2.18. The summed E-state index contributed by atoms with van der Waals surface area (Å²) in [5.74, 6) is 0. The molecular weight excluding hydrogens is 230 g/mol. The summed E-state index contributed by atoms with van der Waals surface area (Å²) in [7, 11) is -1.59. The molecule has 1 unspecified atom stereocenters. The van der Waals surface area contributed by atoms with Crippen LogP contribution in [-0.4, -0.2) is 25.6 Å². The lowest BCUT2D eigenvalue weighted by Crippen LogP contribution is -2.34. The van der Waals surface area contributed by atoms with Crippen molar-refractivity contribution in [2.24, 2.45) is 0 Å². The Kier molecular flexibility index (Phi) is 8.49. The zero-order valence-electron chi connectivity index (χ0n) is 11.7. The summed E-state index contributed by atoms with van der Waals surface area (Å²) in [4.78, 5) is 0. The summed E-state index contributed by atoms with van der Waals surface area (Å²) in [5, 5.41) is 18.0. The lowest BCUT2D eigenvalue weighted by atomic mass is 10.0. The molecule has 0 radical (unpaired) electrons. The van der Waals surface area contributed by atoms with Crippen molar-refractivity contribution in [1.29, 1.82) is 5.26 Å². The standard InChI is InChI=1S/C13H27NO2Si/c1-5-6-7-8-9-13(10-12(15)11-14)16-17(2,3)4/h12-13,15H,5-10H2,1-4H3/t12?,13-/m0/s1. The number of nitriles is 1. The van der Waals surface area contributed by atoms with Gasteiger partial charge in [0.05, 0.1) is 6.07 Å². The highest BCUT2D eigenvalue weighted by molar-refractivity contribution is 6.69. The Morgan fingerprint density at radius 3 is 2.35 bits per heavy atom. The number of aliphatic hydroxyl groups is 1. The van der Waals surface area contributed by atoms with Gasteiger partial charge in [0, 0.05) is 12.5 Å². The van der Waals surface area contributed by atoms with Crippen LogP contribution in [0.5, 0.6) is 0 Å². The van der Waals surface area contributed by atoms with Gasteiger partial charge in [0.25, 0.3) is 0 Å². The molecule has 0 heterocycles. The fraction of sp³-hybridized carbons (Fsp3) is 0.923. The maximum absolute atomic E-state index is 9.40.